The number of pyridine rings is 1. The molecule has 10 rings (SSSR count). The number of nitrogens with one attached hydrogen (secondary N) is 3. The number of para-hydroxylation sites is 1. The summed E-state index contributed by atoms with van der Waals surface area (Å²) in [6.07, 6.45) is 16.8. The molecule has 5 aromatic carbocycles. The molecule has 4 heterocycles. The number of anilines is 3. The monoisotopic (exact) mass is 1140 g/mol. The van der Waals surface area contributed by atoms with E-state index in [2.05, 4.69) is 254 Å². The molecular formula is C77H113N7. The van der Waals surface area contributed by atoms with Crippen LogP contribution in [0.5, 0.6) is 0 Å². The van der Waals surface area contributed by atoms with Gasteiger partial charge < -0.3 is 25.8 Å². The van der Waals surface area contributed by atoms with Crippen molar-refractivity contribution >= 4 is 17.1 Å². The van der Waals surface area contributed by atoms with Crippen LogP contribution in [0.4, 0.5) is 17.1 Å². The molecule has 1 aliphatic carbocycles. The highest BCUT2D eigenvalue weighted by Gasteiger charge is 2.25. The summed E-state index contributed by atoms with van der Waals surface area (Å²) in [6, 6.07) is 51.7. The molecule has 3 N–H and O–H groups in total. The van der Waals surface area contributed by atoms with Crippen molar-refractivity contribution in [3.8, 4) is 0 Å². The van der Waals surface area contributed by atoms with E-state index in [1.807, 2.05) is 24.4 Å². The number of nitrogens with zero attached hydrogens (tertiary/aromatic N) is 4. The van der Waals surface area contributed by atoms with Gasteiger partial charge in [-0.1, -0.05) is 199 Å². The third-order valence-corrected chi connectivity index (χ3v) is 18.3. The lowest BCUT2D eigenvalue weighted by Gasteiger charge is -2.35. The number of hydrogen-bond donors (Lipinski definition) is 3. The van der Waals surface area contributed by atoms with E-state index in [9.17, 15) is 0 Å². The van der Waals surface area contributed by atoms with Crippen LogP contribution in [0.15, 0.2) is 146 Å². The first-order chi connectivity index (χ1) is 40.0. The smallest absolute Gasteiger partial charge is 0.0594 e. The molecule has 0 amide bonds. The van der Waals surface area contributed by atoms with Gasteiger partial charge >= 0.3 is 0 Å². The summed E-state index contributed by atoms with van der Waals surface area (Å²) in [5.41, 5.74) is 15.6. The van der Waals surface area contributed by atoms with Crippen LogP contribution in [0.1, 0.15) is 210 Å². The largest absolute Gasteiger partial charge is 0.379 e. The number of benzene rings is 5. The molecule has 1 atom stereocenters. The molecule has 3 aliphatic heterocycles. The van der Waals surface area contributed by atoms with Crippen molar-refractivity contribution in [2.75, 3.05) is 70.5 Å². The Bertz CT molecular complexity index is 2770. The van der Waals surface area contributed by atoms with Crippen LogP contribution in [0.25, 0.3) is 0 Å². The highest BCUT2D eigenvalue weighted by Crippen LogP contribution is 2.34. The molecule has 7 heteroatoms. The lowest BCUT2D eigenvalue weighted by molar-refractivity contribution is 0.169. The zero-order chi connectivity index (χ0) is 60.3. The van der Waals surface area contributed by atoms with Crippen molar-refractivity contribution in [1.29, 1.82) is 0 Å². The predicted molar refractivity (Wildman–Crippen MR) is 364 cm³/mol. The van der Waals surface area contributed by atoms with Crippen LogP contribution in [-0.4, -0.2) is 85.6 Å². The molecule has 0 bridgehead atoms. The average molecular weight is 1140 g/mol. The van der Waals surface area contributed by atoms with Crippen molar-refractivity contribution in [1.82, 2.24) is 25.0 Å². The molecule has 456 valence electrons. The molecular weight excluding hydrogens is 1020 g/mol. The SMILES string of the molecule is CC(C)(C)c1ccc(C2CCN(CC3CCCNC3)CC2)cc1.CC(C)(C)c1ccc(NCc2ccccn2)cc1.CN(Cc1ccccc1Nc1ccc(C(C)(C)C)cc1)C1CCCCC1.CN1CCC(c2ccc(C(C)(C)C)cc2)CC1. The lowest BCUT2D eigenvalue weighted by Crippen LogP contribution is -2.41. The molecule has 7 nitrogen and oxygen atoms in total. The summed E-state index contributed by atoms with van der Waals surface area (Å²) in [5.74, 6) is 2.43. The van der Waals surface area contributed by atoms with Crippen molar-refractivity contribution < 1.29 is 0 Å². The first-order valence-corrected chi connectivity index (χ1v) is 32.7. The van der Waals surface area contributed by atoms with E-state index in [0.717, 1.165) is 54.0 Å². The van der Waals surface area contributed by atoms with Gasteiger partial charge in [0.1, 0.15) is 0 Å². The van der Waals surface area contributed by atoms with Gasteiger partial charge in [-0.05, 0) is 226 Å². The third-order valence-electron chi connectivity index (χ3n) is 18.3. The Morgan fingerprint density at radius 2 is 0.988 bits per heavy atom. The zero-order valence-corrected chi connectivity index (χ0v) is 55.1. The Morgan fingerprint density at radius 3 is 1.46 bits per heavy atom. The highest BCUT2D eigenvalue weighted by molar-refractivity contribution is 5.63. The second-order valence-corrected chi connectivity index (χ2v) is 29.4. The van der Waals surface area contributed by atoms with Crippen LogP contribution >= 0.6 is 0 Å². The van der Waals surface area contributed by atoms with Gasteiger partial charge in [0.2, 0.25) is 0 Å². The molecule has 1 unspecified atom stereocenters. The fraction of sp³-hybridized carbons (Fsp3) is 0.545. The van der Waals surface area contributed by atoms with Gasteiger partial charge in [0.25, 0.3) is 0 Å². The van der Waals surface area contributed by atoms with Gasteiger partial charge in [-0.2, -0.15) is 0 Å². The molecule has 4 aliphatic rings. The highest BCUT2D eigenvalue weighted by atomic mass is 15.1. The third kappa shape index (κ3) is 21.6. The summed E-state index contributed by atoms with van der Waals surface area (Å²) >= 11 is 0. The molecule has 0 radical (unpaired) electrons. The van der Waals surface area contributed by atoms with Crippen molar-refractivity contribution in [2.45, 2.75) is 206 Å². The fourth-order valence-corrected chi connectivity index (χ4v) is 12.4. The van der Waals surface area contributed by atoms with Gasteiger partial charge in [0, 0.05) is 42.4 Å². The van der Waals surface area contributed by atoms with Crippen molar-refractivity contribution in [3.63, 3.8) is 0 Å². The van der Waals surface area contributed by atoms with Crippen LogP contribution in [-0.2, 0) is 34.7 Å². The van der Waals surface area contributed by atoms with E-state index in [1.165, 1.54) is 156 Å². The summed E-state index contributed by atoms with van der Waals surface area (Å²) in [5, 5.41) is 10.6. The molecule has 1 aromatic heterocycles. The van der Waals surface area contributed by atoms with Crippen LogP contribution in [0.2, 0.25) is 0 Å². The summed E-state index contributed by atoms with van der Waals surface area (Å²) in [4.78, 5) is 12.0. The maximum atomic E-state index is 4.29. The average Bonchev–Trinajstić information content (AvgIpc) is 3.57. The van der Waals surface area contributed by atoms with E-state index in [-0.39, 0.29) is 21.7 Å². The summed E-state index contributed by atoms with van der Waals surface area (Å²) in [6.45, 7) is 37.7. The maximum absolute atomic E-state index is 4.29. The van der Waals surface area contributed by atoms with Crippen molar-refractivity contribution in [2.24, 2.45) is 5.92 Å². The topological polar surface area (TPSA) is 58.7 Å². The molecule has 0 spiro atoms. The van der Waals surface area contributed by atoms with Gasteiger partial charge in [-0.3, -0.25) is 9.88 Å². The number of piperidine rings is 3. The normalized spacial score (nSPS) is 18.1. The van der Waals surface area contributed by atoms with Crippen LogP contribution in [0, 0.1) is 5.92 Å². The van der Waals surface area contributed by atoms with Gasteiger partial charge in [0.15, 0.2) is 0 Å². The minimum atomic E-state index is 0.194. The molecule has 4 fully saturated rings. The molecule has 84 heavy (non-hydrogen) atoms. The van der Waals surface area contributed by atoms with E-state index >= 15 is 0 Å². The number of likely N-dealkylation sites (tertiary alicyclic amines) is 2. The zero-order valence-electron chi connectivity index (χ0n) is 55.1. The molecule has 6 aromatic rings. The predicted octanol–water partition coefficient (Wildman–Crippen LogP) is 18.4. The van der Waals surface area contributed by atoms with Crippen molar-refractivity contribution in [3.05, 3.63) is 190 Å². The number of rotatable bonds is 12. The Hall–Kier alpha value is -5.31. The second-order valence-electron chi connectivity index (χ2n) is 29.4. The first-order valence-electron chi connectivity index (χ1n) is 32.7. The molecule has 3 saturated heterocycles. The number of hydrogen-bond acceptors (Lipinski definition) is 7. The van der Waals surface area contributed by atoms with Gasteiger partial charge in [-0.15, -0.1) is 0 Å². The summed E-state index contributed by atoms with van der Waals surface area (Å²) in [7, 11) is 4.50. The van der Waals surface area contributed by atoms with E-state index in [1.54, 1.807) is 5.56 Å². The van der Waals surface area contributed by atoms with Crippen LogP contribution in [0.3, 0.4) is 0 Å². The Balaban J connectivity index is 0.000000163. The minimum absolute atomic E-state index is 0.194. The number of aromatic nitrogens is 1. The Labute approximate surface area is 512 Å². The second kappa shape index (κ2) is 31.4. The Morgan fingerprint density at radius 1 is 0.512 bits per heavy atom. The van der Waals surface area contributed by atoms with E-state index in [0.29, 0.717) is 0 Å². The first kappa shape index (κ1) is 66.2. The fourth-order valence-electron chi connectivity index (χ4n) is 12.4. The maximum Gasteiger partial charge on any atom is 0.0594 e. The van der Waals surface area contributed by atoms with Crippen LogP contribution < -0.4 is 16.0 Å². The summed E-state index contributed by atoms with van der Waals surface area (Å²) < 4.78 is 0. The lowest BCUT2D eigenvalue weighted by atomic mass is 9.83. The molecule has 1 saturated carbocycles. The van der Waals surface area contributed by atoms with E-state index in [4.69, 9.17) is 0 Å². The van der Waals surface area contributed by atoms with Gasteiger partial charge in [-0.25, -0.2) is 0 Å². The van der Waals surface area contributed by atoms with E-state index < -0.39 is 0 Å². The van der Waals surface area contributed by atoms with Gasteiger partial charge in [0.05, 0.1) is 12.2 Å². The Kier molecular flexibility index (Phi) is 24.7. The minimum Gasteiger partial charge on any atom is -0.379 e. The standard InChI is InChI=1S/C24H34N2.C21H34N2.C16H20N2.C16H25N/c1-24(2,3)20-14-16-21(17-15-20)25-23-13-9-8-10-19(23)18-26(4)22-11-6-5-7-12-22;1-21(2,3)20-8-6-18(7-9-20)19-10-13-23(14-11-19)16-17-5-4-12-22-15-17;1-16(2,3)13-7-9-14(10-8-13)18-12-15-6-4-5-11-17-15;1-16(2,3)15-7-5-13(6-8-15)14-9-11-17(4)12-10-14/h8-10,13-17,22,25H,5-7,11-12,18H2,1-4H3;6-9,17,19,22H,4-5,10-16H2,1-3H3;4-11,18H,12H2,1-3H3;5-8,14H,9-12H2,1-4H3. The quantitative estimate of drug-likeness (QED) is 0.113.